The van der Waals surface area contributed by atoms with Gasteiger partial charge in [-0.3, -0.25) is 0 Å². The molecule has 0 saturated heterocycles. The zero-order valence-electron chi connectivity index (χ0n) is 10.2. The molecular formula is C12H17ClN2O2. The van der Waals surface area contributed by atoms with E-state index in [1.807, 2.05) is 25.9 Å². The lowest BCUT2D eigenvalue weighted by Crippen LogP contribution is -2.30. The molecule has 1 aromatic carbocycles. The van der Waals surface area contributed by atoms with Crippen LogP contribution in [0.25, 0.3) is 0 Å². The first-order valence-electron chi connectivity index (χ1n) is 5.34. The Kier molecular flexibility index (Phi) is 4.78. The molecule has 0 aliphatic heterocycles. The zero-order chi connectivity index (χ0) is 13.0. The van der Waals surface area contributed by atoms with Gasteiger partial charge in [0.1, 0.15) is 0 Å². The van der Waals surface area contributed by atoms with E-state index in [-0.39, 0.29) is 11.6 Å². The molecule has 0 aliphatic rings. The third kappa shape index (κ3) is 4.24. The van der Waals surface area contributed by atoms with Gasteiger partial charge in [0.25, 0.3) is 0 Å². The number of carboxylic acids is 1. The van der Waals surface area contributed by atoms with Crippen LogP contribution < -0.4 is 5.32 Å². The summed E-state index contributed by atoms with van der Waals surface area (Å²) in [6.07, 6.45) is 0. The molecule has 0 spiro atoms. The summed E-state index contributed by atoms with van der Waals surface area (Å²) in [6.45, 7) is 2.82. The van der Waals surface area contributed by atoms with E-state index >= 15 is 0 Å². The molecule has 4 nitrogen and oxygen atoms in total. The fraction of sp³-hybridized carbons (Fsp3) is 0.417. The molecule has 1 atom stereocenters. The molecule has 5 heteroatoms. The number of likely N-dealkylation sites (N-methyl/N-ethyl adjacent to an activating group) is 1. The largest absolute Gasteiger partial charge is 0.478 e. The molecule has 94 valence electrons. The molecule has 0 bridgehead atoms. The van der Waals surface area contributed by atoms with Crippen LogP contribution in [0.15, 0.2) is 18.2 Å². The van der Waals surface area contributed by atoms with Gasteiger partial charge in [-0.2, -0.15) is 0 Å². The average Bonchev–Trinajstić information content (AvgIpc) is 2.19. The highest BCUT2D eigenvalue weighted by Crippen LogP contribution is 2.21. The summed E-state index contributed by atoms with van der Waals surface area (Å²) >= 11 is 5.78. The third-order valence-corrected chi connectivity index (χ3v) is 2.49. The van der Waals surface area contributed by atoms with Crippen molar-refractivity contribution in [3.05, 3.63) is 28.8 Å². The van der Waals surface area contributed by atoms with Gasteiger partial charge >= 0.3 is 5.97 Å². The summed E-state index contributed by atoms with van der Waals surface area (Å²) in [7, 11) is 3.94. The topological polar surface area (TPSA) is 52.6 Å². The van der Waals surface area contributed by atoms with Crippen LogP contribution in [-0.4, -0.2) is 42.7 Å². The molecule has 0 heterocycles. The smallest absolute Gasteiger partial charge is 0.337 e. The molecule has 0 amide bonds. The van der Waals surface area contributed by atoms with E-state index in [2.05, 4.69) is 5.32 Å². The van der Waals surface area contributed by atoms with E-state index in [1.54, 1.807) is 12.1 Å². The summed E-state index contributed by atoms with van der Waals surface area (Å²) in [5.74, 6) is -0.980. The standard InChI is InChI=1S/C12H17ClN2O2/c1-8(7-15(2)3)14-11-5-4-9(13)6-10(11)12(16)17/h4-6,8,14H,7H2,1-3H3,(H,16,17). The third-order valence-electron chi connectivity index (χ3n) is 2.25. The SMILES string of the molecule is CC(CN(C)C)Nc1ccc(Cl)cc1C(=O)O. The van der Waals surface area contributed by atoms with Crippen LogP contribution in [0.1, 0.15) is 17.3 Å². The minimum absolute atomic E-state index is 0.157. The van der Waals surface area contributed by atoms with E-state index in [0.29, 0.717) is 10.7 Å². The molecule has 1 rings (SSSR count). The first-order valence-corrected chi connectivity index (χ1v) is 5.72. The van der Waals surface area contributed by atoms with Crippen LogP contribution in [-0.2, 0) is 0 Å². The minimum Gasteiger partial charge on any atom is -0.478 e. The van der Waals surface area contributed by atoms with Gasteiger partial charge in [-0.1, -0.05) is 11.6 Å². The Morgan fingerprint density at radius 1 is 1.53 bits per heavy atom. The second-order valence-electron chi connectivity index (χ2n) is 4.30. The summed E-state index contributed by atoms with van der Waals surface area (Å²) in [5, 5.41) is 12.7. The highest BCUT2D eigenvalue weighted by Gasteiger charge is 2.12. The minimum atomic E-state index is -0.980. The number of benzene rings is 1. The molecule has 1 aromatic rings. The average molecular weight is 257 g/mol. The number of hydrogen-bond acceptors (Lipinski definition) is 3. The van der Waals surface area contributed by atoms with Gasteiger partial charge in [0.2, 0.25) is 0 Å². The van der Waals surface area contributed by atoms with E-state index in [0.717, 1.165) is 6.54 Å². The van der Waals surface area contributed by atoms with Gasteiger partial charge in [-0.25, -0.2) is 4.79 Å². The summed E-state index contributed by atoms with van der Waals surface area (Å²) in [6, 6.07) is 4.98. The Hall–Kier alpha value is -1.26. The monoisotopic (exact) mass is 256 g/mol. The number of carboxylic acid groups (broad SMARTS) is 1. The highest BCUT2D eigenvalue weighted by atomic mass is 35.5. The zero-order valence-corrected chi connectivity index (χ0v) is 11.0. The van der Waals surface area contributed by atoms with E-state index in [9.17, 15) is 4.79 Å². The number of rotatable bonds is 5. The lowest BCUT2D eigenvalue weighted by molar-refractivity contribution is 0.0698. The molecule has 1 unspecified atom stereocenters. The maximum absolute atomic E-state index is 11.1. The normalized spacial score (nSPS) is 12.5. The fourth-order valence-corrected chi connectivity index (χ4v) is 1.85. The molecule has 2 N–H and O–H groups in total. The first kappa shape index (κ1) is 13.8. The Bertz CT molecular complexity index is 407. The lowest BCUT2D eigenvalue weighted by atomic mass is 10.1. The van der Waals surface area contributed by atoms with Gasteiger partial charge in [-0.15, -0.1) is 0 Å². The van der Waals surface area contributed by atoms with Gasteiger partial charge < -0.3 is 15.3 Å². The summed E-state index contributed by atoms with van der Waals surface area (Å²) in [5.41, 5.74) is 0.791. The van der Waals surface area contributed by atoms with Gasteiger partial charge in [0, 0.05) is 23.3 Å². The molecule has 0 aromatic heterocycles. The second-order valence-corrected chi connectivity index (χ2v) is 4.74. The van der Waals surface area contributed by atoms with Crippen LogP contribution >= 0.6 is 11.6 Å². The number of nitrogens with one attached hydrogen (secondary N) is 1. The summed E-state index contributed by atoms with van der Waals surface area (Å²) in [4.78, 5) is 13.1. The number of anilines is 1. The maximum Gasteiger partial charge on any atom is 0.337 e. The van der Waals surface area contributed by atoms with Crippen molar-refractivity contribution in [2.45, 2.75) is 13.0 Å². The van der Waals surface area contributed by atoms with E-state index < -0.39 is 5.97 Å². The number of carbonyl (C=O) groups is 1. The first-order chi connectivity index (χ1) is 7.90. The molecule has 0 saturated carbocycles. The van der Waals surface area contributed by atoms with Gasteiger partial charge in [0.15, 0.2) is 0 Å². The number of nitrogens with zero attached hydrogens (tertiary/aromatic N) is 1. The maximum atomic E-state index is 11.1. The Labute approximate surface area is 106 Å². The van der Waals surface area contributed by atoms with Crippen molar-refractivity contribution in [3.8, 4) is 0 Å². The van der Waals surface area contributed by atoms with E-state index in [1.165, 1.54) is 6.07 Å². The van der Waals surface area contributed by atoms with Crippen LogP contribution in [0.5, 0.6) is 0 Å². The van der Waals surface area contributed by atoms with Crippen LogP contribution in [0.2, 0.25) is 5.02 Å². The number of halogens is 1. The second kappa shape index (κ2) is 5.89. The Morgan fingerprint density at radius 3 is 2.71 bits per heavy atom. The van der Waals surface area contributed by atoms with E-state index in [4.69, 9.17) is 16.7 Å². The van der Waals surface area contributed by atoms with Gasteiger partial charge in [-0.05, 0) is 39.2 Å². The summed E-state index contributed by atoms with van der Waals surface area (Å²) < 4.78 is 0. The van der Waals surface area contributed by atoms with Crippen LogP contribution in [0, 0.1) is 0 Å². The predicted molar refractivity (Wildman–Crippen MR) is 70.1 cm³/mol. The highest BCUT2D eigenvalue weighted by molar-refractivity contribution is 6.31. The van der Waals surface area contributed by atoms with Crippen molar-refractivity contribution >= 4 is 23.3 Å². The van der Waals surface area contributed by atoms with Crippen LogP contribution in [0.3, 0.4) is 0 Å². The fourth-order valence-electron chi connectivity index (χ4n) is 1.68. The molecular weight excluding hydrogens is 240 g/mol. The van der Waals surface area contributed by atoms with Crippen molar-refractivity contribution in [1.29, 1.82) is 0 Å². The van der Waals surface area contributed by atoms with Crippen molar-refractivity contribution in [1.82, 2.24) is 4.90 Å². The van der Waals surface area contributed by atoms with Crippen molar-refractivity contribution in [2.75, 3.05) is 26.0 Å². The quantitative estimate of drug-likeness (QED) is 0.850. The molecule has 0 aliphatic carbocycles. The van der Waals surface area contributed by atoms with Crippen molar-refractivity contribution in [3.63, 3.8) is 0 Å². The van der Waals surface area contributed by atoms with Crippen molar-refractivity contribution < 1.29 is 9.90 Å². The number of hydrogen-bond donors (Lipinski definition) is 2. The van der Waals surface area contributed by atoms with Gasteiger partial charge in [0.05, 0.1) is 5.56 Å². The molecule has 0 radical (unpaired) electrons. The van der Waals surface area contributed by atoms with Crippen molar-refractivity contribution in [2.24, 2.45) is 0 Å². The predicted octanol–water partition coefficient (Wildman–Crippen LogP) is 2.40. The Balaban J connectivity index is 2.86. The Morgan fingerprint density at radius 2 is 2.18 bits per heavy atom. The number of aromatic carboxylic acids is 1. The van der Waals surface area contributed by atoms with Crippen LogP contribution in [0.4, 0.5) is 5.69 Å². The molecule has 0 fully saturated rings. The lowest BCUT2D eigenvalue weighted by Gasteiger charge is -2.20. The molecule has 17 heavy (non-hydrogen) atoms.